The standard InChI is InChI=1S/C26H25BrClN3O6S/c1-36-20-12-16(11-17(27)24(20)37-15-22(32)29-19-8-4-3-7-18(19)28)13-21-25(34)31(26(35)38-21)14-23(33)30-9-5-2-6-10-30/h3-4,7-8,11-13H,2,5-6,9-10,14-15H2,1H3,(H,29,32)/b21-13-. The van der Waals surface area contributed by atoms with Gasteiger partial charge in [0.1, 0.15) is 6.54 Å². The van der Waals surface area contributed by atoms with Crippen LogP contribution in [0.15, 0.2) is 45.8 Å². The van der Waals surface area contributed by atoms with Crippen molar-refractivity contribution >= 4 is 74.0 Å². The van der Waals surface area contributed by atoms with E-state index in [9.17, 15) is 19.2 Å². The number of amides is 4. The minimum atomic E-state index is -0.517. The molecule has 38 heavy (non-hydrogen) atoms. The van der Waals surface area contributed by atoms with Crippen LogP contribution in [0.1, 0.15) is 24.8 Å². The Hall–Kier alpha value is -3.02. The van der Waals surface area contributed by atoms with Gasteiger partial charge < -0.3 is 19.7 Å². The number of likely N-dealkylation sites (tertiary alicyclic amines) is 1. The van der Waals surface area contributed by atoms with E-state index < -0.39 is 17.1 Å². The molecule has 0 saturated carbocycles. The average Bonchev–Trinajstić information content (AvgIpc) is 3.16. The van der Waals surface area contributed by atoms with Gasteiger partial charge in [0.15, 0.2) is 18.1 Å². The first-order chi connectivity index (χ1) is 18.3. The summed E-state index contributed by atoms with van der Waals surface area (Å²) in [6.07, 6.45) is 4.48. The van der Waals surface area contributed by atoms with E-state index in [2.05, 4.69) is 21.2 Å². The summed E-state index contributed by atoms with van der Waals surface area (Å²) in [6, 6.07) is 10.2. The Morgan fingerprint density at radius 2 is 1.89 bits per heavy atom. The highest BCUT2D eigenvalue weighted by Gasteiger charge is 2.37. The zero-order valence-electron chi connectivity index (χ0n) is 20.5. The number of carbonyl (C=O) groups is 4. The largest absolute Gasteiger partial charge is 0.493 e. The maximum atomic E-state index is 12.9. The maximum absolute atomic E-state index is 12.9. The second kappa shape index (κ2) is 12.7. The average molecular weight is 623 g/mol. The number of anilines is 1. The van der Waals surface area contributed by atoms with Crippen LogP contribution >= 0.6 is 39.3 Å². The lowest BCUT2D eigenvalue weighted by molar-refractivity contribution is -0.136. The lowest BCUT2D eigenvalue weighted by Gasteiger charge is -2.27. The van der Waals surface area contributed by atoms with Crippen molar-refractivity contribution in [2.24, 2.45) is 0 Å². The van der Waals surface area contributed by atoms with Gasteiger partial charge in [0, 0.05) is 13.1 Å². The summed E-state index contributed by atoms with van der Waals surface area (Å²) in [6.45, 7) is 0.727. The van der Waals surface area contributed by atoms with Gasteiger partial charge in [-0.1, -0.05) is 23.7 Å². The van der Waals surface area contributed by atoms with Crippen molar-refractivity contribution in [1.29, 1.82) is 0 Å². The normalized spacial score (nSPS) is 16.7. The van der Waals surface area contributed by atoms with Crippen LogP contribution in [0.5, 0.6) is 11.5 Å². The minimum absolute atomic E-state index is 0.197. The summed E-state index contributed by atoms with van der Waals surface area (Å²) in [5, 5.41) is 2.60. The molecule has 12 heteroatoms. The molecule has 0 bridgehead atoms. The molecule has 2 saturated heterocycles. The topological polar surface area (TPSA) is 105 Å². The van der Waals surface area contributed by atoms with Crippen LogP contribution in [0.4, 0.5) is 10.5 Å². The van der Waals surface area contributed by atoms with Crippen molar-refractivity contribution in [3.8, 4) is 11.5 Å². The van der Waals surface area contributed by atoms with E-state index in [4.69, 9.17) is 21.1 Å². The first-order valence-electron chi connectivity index (χ1n) is 11.8. The Morgan fingerprint density at radius 3 is 2.61 bits per heavy atom. The molecule has 2 aliphatic rings. The number of piperidine rings is 1. The van der Waals surface area contributed by atoms with Crippen LogP contribution in [-0.2, 0) is 14.4 Å². The maximum Gasteiger partial charge on any atom is 0.294 e. The van der Waals surface area contributed by atoms with Gasteiger partial charge in [-0.05, 0) is 82.9 Å². The smallest absolute Gasteiger partial charge is 0.294 e. The summed E-state index contributed by atoms with van der Waals surface area (Å²) in [5.74, 6) is -0.548. The first-order valence-corrected chi connectivity index (χ1v) is 13.8. The van der Waals surface area contributed by atoms with Crippen LogP contribution in [0.3, 0.4) is 0 Å². The number of rotatable bonds is 8. The summed E-state index contributed by atoms with van der Waals surface area (Å²) in [7, 11) is 1.45. The molecule has 0 atom stereocenters. The van der Waals surface area contributed by atoms with Gasteiger partial charge in [0.05, 0.1) is 27.2 Å². The predicted molar refractivity (Wildman–Crippen MR) is 149 cm³/mol. The van der Waals surface area contributed by atoms with Gasteiger partial charge >= 0.3 is 0 Å². The number of thioether (sulfide) groups is 1. The molecule has 0 aliphatic carbocycles. The molecule has 200 valence electrons. The Kier molecular flexibility index (Phi) is 9.35. The molecule has 0 radical (unpaired) electrons. The van der Waals surface area contributed by atoms with Crippen LogP contribution in [0.2, 0.25) is 5.02 Å². The van der Waals surface area contributed by atoms with E-state index in [0.717, 1.165) is 35.9 Å². The summed E-state index contributed by atoms with van der Waals surface area (Å²) in [4.78, 5) is 53.2. The number of para-hydroxylation sites is 1. The molecule has 2 fully saturated rings. The van der Waals surface area contributed by atoms with E-state index in [1.165, 1.54) is 7.11 Å². The van der Waals surface area contributed by atoms with Crippen molar-refractivity contribution in [3.05, 3.63) is 56.4 Å². The zero-order chi connectivity index (χ0) is 27.2. The van der Waals surface area contributed by atoms with E-state index in [-0.39, 0.29) is 24.0 Å². The number of halogens is 2. The van der Waals surface area contributed by atoms with Gasteiger partial charge in [-0.15, -0.1) is 0 Å². The van der Waals surface area contributed by atoms with E-state index >= 15 is 0 Å². The fourth-order valence-electron chi connectivity index (χ4n) is 4.02. The fraction of sp³-hybridized carbons (Fsp3) is 0.308. The van der Waals surface area contributed by atoms with E-state index in [1.54, 1.807) is 47.4 Å². The van der Waals surface area contributed by atoms with Crippen LogP contribution in [0.25, 0.3) is 6.08 Å². The van der Waals surface area contributed by atoms with Gasteiger partial charge in [-0.25, -0.2) is 0 Å². The van der Waals surface area contributed by atoms with Gasteiger partial charge in [-0.3, -0.25) is 24.1 Å². The Bertz CT molecular complexity index is 1300. The van der Waals surface area contributed by atoms with E-state index in [1.807, 2.05) is 0 Å². The molecule has 2 aromatic rings. The number of ether oxygens (including phenoxy) is 2. The van der Waals surface area contributed by atoms with Crippen LogP contribution < -0.4 is 14.8 Å². The highest BCUT2D eigenvalue weighted by Crippen LogP contribution is 2.39. The van der Waals surface area contributed by atoms with Crippen molar-refractivity contribution in [2.45, 2.75) is 19.3 Å². The number of imide groups is 1. The molecule has 2 aromatic carbocycles. The molecule has 4 rings (SSSR count). The molecular weight excluding hydrogens is 598 g/mol. The number of benzene rings is 2. The number of nitrogens with one attached hydrogen (secondary N) is 1. The summed E-state index contributed by atoms with van der Waals surface area (Å²) in [5.41, 5.74) is 1.03. The lowest BCUT2D eigenvalue weighted by Crippen LogP contribution is -2.44. The molecule has 1 N–H and O–H groups in total. The summed E-state index contributed by atoms with van der Waals surface area (Å²) < 4.78 is 11.6. The van der Waals surface area contributed by atoms with Crippen molar-refractivity contribution in [3.63, 3.8) is 0 Å². The summed E-state index contributed by atoms with van der Waals surface area (Å²) >= 11 is 10.3. The third-order valence-corrected chi connectivity index (χ3v) is 7.75. The van der Waals surface area contributed by atoms with Crippen molar-refractivity contribution in [1.82, 2.24) is 9.80 Å². The van der Waals surface area contributed by atoms with Crippen LogP contribution in [-0.4, -0.2) is 66.1 Å². The van der Waals surface area contributed by atoms with E-state index in [0.29, 0.717) is 45.3 Å². The lowest BCUT2D eigenvalue weighted by atomic mass is 10.1. The second-order valence-corrected chi connectivity index (χ2v) is 10.8. The molecule has 0 spiro atoms. The predicted octanol–water partition coefficient (Wildman–Crippen LogP) is 5.18. The molecule has 2 heterocycles. The minimum Gasteiger partial charge on any atom is -0.493 e. The van der Waals surface area contributed by atoms with Gasteiger partial charge in [0.25, 0.3) is 17.1 Å². The Morgan fingerprint density at radius 1 is 1.16 bits per heavy atom. The third kappa shape index (κ3) is 6.69. The number of hydrogen-bond donors (Lipinski definition) is 1. The first kappa shape index (κ1) is 28.0. The number of nitrogens with zero attached hydrogens (tertiary/aromatic N) is 2. The monoisotopic (exact) mass is 621 g/mol. The highest BCUT2D eigenvalue weighted by molar-refractivity contribution is 9.10. The number of methoxy groups -OCH3 is 1. The van der Waals surface area contributed by atoms with Crippen molar-refractivity contribution < 1.29 is 28.7 Å². The molecule has 0 aromatic heterocycles. The molecule has 9 nitrogen and oxygen atoms in total. The zero-order valence-corrected chi connectivity index (χ0v) is 23.7. The number of hydrogen-bond acceptors (Lipinski definition) is 7. The fourth-order valence-corrected chi connectivity index (χ4v) is 5.61. The number of carbonyl (C=O) groups excluding carboxylic acids is 4. The Balaban J connectivity index is 1.43. The molecule has 0 unspecified atom stereocenters. The third-order valence-electron chi connectivity index (χ3n) is 5.92. The Labute approximate surface area is 237 Å². The van der Waals surface area contributed by atoms with Crippen molar-refractivity contribution in [2.75, 3.05) is 38.7 Å². The molecule has 2 aliphatic heterocycles. The quantitative estimate of drug-likeness (QED) is 0.405. The SMILES string of the molecule is COc1cc(/C=C2\SC(=O)N(CC(=O)N3CCCCC3)C2=O)cc(Br)c1OCC(=O)Nc1ccccc1Cl. The highest BCUT2D eigenvalue weighted by atomic mass is 79.9. The van der Waals surface area contributed by atoms with Gasteiger partial charge in [0.2, 0.25) is 5.91 Å². The van der Waals surface area contributed by atoms with Gasteiger partial charge in [-0.2, -0.15) is 0 Å². The molecule has 4 amide bonds. The molecular formula is C26H25BrClN3O6S. The second-order valence-electron chi connectivity index (χ2n) is 8.56. The van der Waals surface area contributed by atoms with Crippen LogP contribution in [0, 0.1) is 0 Å².